The molecule has 1 N–H and O–H groups in total. The lowest BCUT2D eigenvalue weighted by Crippen LogP contribution is -1.89. The van der Waals surface area contributed by atoms with Crippen molar-refractivity contribution < 1.29 is 14.7 Å². The van der Waals surface area contributed by atoms with E-state index in [4.69, 9.17) is 16.7 Å². The number of rotatable bonds is 4. The van der Waals surface area contributed by atoms with Gasteiger partial charge in [0.1, 0.15) is 0 Å². The van der Waals surface area contributed by atoms with Crippen LogP contribution in [0, 0.1) is 0 Å². The molecule has 0 spiro atoms. The predicted molar refractivity (Wildman–Crippen MR) is 58.1 cm³/mol. The highest BCUT2D eigenvalue weighted by atomic mass is 35.5. The van der Waals surface area contributed by atoms with E-state index in [-0.39, 0.29) is 6.42 Å². The van der Waals surface area contributed by atoms with E-state index in [1.807, 2.05) is 0 Å². The Morgan fingerprint density at radius 2 is 2.20 bits per heavy atom. The molecule has 0 aliphatic rings. The van der Waals surface area contributed by atoms with Gasteiger partial charge in [-0.2, -0.15) is 0 Å². The molecule has 0 aromatic heterocycles. The van der Waals surface area contributed by atoms with E-state index in [2.05, 4.69) is 0 Å². The zero-order chi connectivity index (χ0) is 11.3. The fourth-order valence-electron chi connectivity index (χ4n) is 1.04. The van der Waals surface area contributed by atoms with Crippen molar-refractivity contribution in [3.63, 3.8) is 0 Å². The third kappa shape index (κ3) is 3.56. The molecule has 0 atom stereocenters. The van der Waals surface area contributed by atoms with Gasteiger partial charge < -0.3 is 5.11 Å². The largest absolute Gasteiger partial charge is 0.481 e. The first kappa shape index (κ1) is 11.5. The lowest BCUT2D eigenvalue weighted by atomic mass is 10.1. The van der Waals surface area contributed by atoms with Gasteiger partial charge in [-0.25, -0.2) is 0 Å². The van der Waals surface area contributed by atoms with Crippen molar-refractivity contribution in [3.8, 4) is 0 Å². The molecule has 78 valence electrons. The van der Waals surface area contributed by atoms with E-state index in [9.17, 15) is 9.59 Å². The Bertz CT molecular complexity index is 410. The second kappa shape index (κ2) is 5.32. The van der Waals surface area contributed by atoms with Crippen LogP contribution in [-0.4, -0.2) is 17.4 Å². The minimum absolute atomic E-state index is 0.0347. The molecule has 0 amide bonds. The molecule has 0 fully saturated rings. The van der Waals surface area contributed by atoms with E-state index in [0.717, 1.165) is 5.56 Å². The molecule has 0 saturated heterocycles. The number of carboxylic acid groups (broad SMARTS) is 1. The van der Waals surface area contributed by atoms with Gasteiger partial charge in [-0.3, -0.25) is 9.59 Å². The third-order valence-corrected chi connectivity index (χ3v) is 2.08. The first-order chi connectivity index (χ1) is 7.13. The van der Waals surface area contributed by atoms with Crippen LogP contribution in [0.2, 0.25) is 5.02 Å². The topological polar surface area (TPSA) is 54.4 Å². The minimum Gasteiger partial charge on any atom is -0.481 e. The second-order valence-corrected chi connectivity index (χ2v) is 3.31. The smallest absolute Gasteiger partial charge is 0.307 e. The van der Waals surface area contributed by atoms with E-state index < -0.39 is 5.97 Å². The van der Waals surface area contributed by atoms with Crippen LogP contribution in [0.3, 0.4) is 0 Å². The first-order valence-electron chi connectivity index (χ1n) is 4.26. The van der Waals surface area contributed by atoms with Gasteiger partial charge in [0.2, 0.25) is 0 Å². The quantitative estimate of drug-likeness (QED) is 0.800. The summed E-state index contributed by atoms with van der Waals surface area (Å²) in [6.45, 7) is 0. The Labute approximate surface area is 92.0 Å². The number of halogens is 1. The van der Waals surface area contributed by atoms with Crippen molar-refractivity contribution in [1.82, 2.24) is 0 Å². The summed E-state index contributed by atoms with van der Waals surface area (Å²) in [4.78, 5) is 20.7. The van der Waals surface area contributed by atoms with Gasteiger partial charge in [-0.1, -0.05) is 29.8 Å². The Hall–Kier alpha value is -1.61. The Morgan fingerprint density at radius 1 is 1.47 bits per heavy atom. The number of aliphatic carboxylic acids is 1. The SMILES string of the molecule is O=Cc1ccc(C=CCC(=O)O)cc1Cl. The van der Waals surface area contributed by atoms with Crippen molar-refractivity contribution in [3.05, 3.63) is 40.4 Å². The number of carboxylic acids is 1. The Kier molecular flexibility index (Phi) is 4.06. The molecule has 0 aliphatic heterocycles. The third-order valence-electron chi connectivity index (χ3n) is 1.75. The maximum atomic E-state index is 10.5. The summed E-state index contributed by atoms with van der Waals surface area (Å²) in [5.41, 5.74) is 1.19. The number of carbonyl (C=O) groups excluding carboxylic acids is 1. The first-order valence-corrected chi connectivity index (χ1v) is 4.64. The van der Waals surface area contributed by atoms with E-state index in [0.29, 0.717) is 16.9 Å². The van der Waals surface area contributed by atoms with Gasteiger partial charge in [-0.15, -0.1) is 0 Å². The van der Waals surface area contributed by atoms with E-state index in [1.54, 1.807) is 24.3 Å². The molecule has 1 aromatic carbocycles. The van der Waals surface area contributed by atoms with Crippen LogP contribution < -0.4 is 0 Å². The average Bonchev–Trinajstić information content (AvgIpc) is 2.17. The fraction of sp³-hybridized carbons (Fsp3) is 0.0909. The highest BCUT2D eigenvalue weighted by Crippen LogP contribution is 2.17. The fourth-order valence-corrected chi connectivity index (χ4v) is 1.27. The lowest BCUT2D eigenvalue weighted by Gasteiger charge is -1.97. The summed E-state index contributed by atoms with van der Waals surface area (Å²) in [7, 11) is 0. The summed E-state index contributed by atoms with van der Waals surface area (Å²) in [6, 6.07) is 4.91. The van der Waals surface area contributed by atoms with Crippen LogP contribution >= 0.6 is 11.6 Å². The van der Waals surface area contributed by atoms with Gasteiger partial charge in [0.15, 0.2) is 6.29 Å². The van der Waals surface area contributed by atoms with Crippen LogP contribution in [-0.2, 0) is 4.79 Å². The Morgan fingerprint density at radius 3 is 2.73 bits per heavy atom. The molecular formula is C11H9ClO3. The molecule has 0 heterocycles. The number of hydrogen-bond donors (Lipinski definition) is 1. The molecule has 3 nitrogen and oxygen atoms in total. The summed E-state index contributed by atoms with van der Waals surface area (Å²) in [5.74, 6) is -0.887. The van der Waals surface area contributed by atoms with E-state index >= 15 is 0 Å². The van der Waals surface area contributed by atoms with Gasteiger partial charge in [-0.05, 0) is 17.7 Å². The Balaban J connectivity index is 2.79. The normalized spacial score (nSPS) is 10.5. The molecule has 1 rings (SSSR count). The number of benzene rings is 1. The minimum atomic E-state index is -0.887. The molecule has 0 radical (unpaired) electrons. The average molecular weight is 225 g/mol. The zero-order valence-electron chi connectivity index (χ0n) is 7.81. The molecule has 4 heteroatoms. The summed E-state index contributed by atoms with van der Waals surface area (Å²) < 4.78 is 0. The van der Waals surface area contributed by atoms with E-state index in [1.165, 1.54) is 6.08 Å². The number of aldehydes is 1. The molecule has 0 saturated carbocycles. The van der Waals surface area contributed by atoms with Crippen molar-refractivity contribution in [2.45, 2.75) is 6.42 Å². The monoisotopic (exact) mass is 224 g/mol. The van der Waals surface area contributed by atoms with Crippen LogP contribution in [0.1, 0.15) is 22.3 Å². The summed E-state index contributed by atoms with van der Waals surface area (Å²) >= 11 is 5.79. The predicted octanol–water partition coefficient (Wildman–Crippen LogP) is 2.64. The van der Waals surface area contributed by atoms with Gasteiger partial charge in [0.25, 0.3) is 0 Å². The second-order valence-electron chi connectivity index (χ2n) is 2.90. The van der Waals surface area contributed by atoms with Crippen LogP contribution in [0.4, 0.5) is 0 Å². The molecule has 0 unspecified atom stereocenters. The summed E-state index contributed by atoms with van der Waals surface area (Å²) in [5, 5.41) is 8.77. The van der Waals surface area contributed by atoms with Gasteiger partial charge in [0.05, 0.1) is 11.4 Å². The van der Waals surface area contributed by atoms with Gasteiger partial charge in [0, 0.05) is 5.56 Å². The highest BCUT2D eigenvalue weighted by molar-refractivity contribution is 6.33. The maximum Gasteiger partial charge on any atom is 0.307 e. The standard InChI is InChI=1S/C11H9ClO3/c12-10-6-8(2-1-3-11(14)15)4-5-9(10)7-13/h1-2,4-7H,3H2,(H,14,15). The lowest BCUT2D eigenvalue weighted by molar-refractivity contribution is -0.135. The molecular weight excluding hydrogens is 216 g/mol. The molecule has 1 aromatic rings. The summed E-state index contributed by atoms with van der Waals surface area (Å²) in [6.07, 6.45) is 3.81. The van der Waals surface area contributed by atoms with Crippen molar-refractivity contribution in [1.29, 1.82) is 0 Å². The van der Waals surface area contributed by atoms with Crippen LogP contribution in [0.25, 0.3) is 6.08 Å². The van der Waals surface area contributed by atoms with Crippen molar-refractivity contribution >= 4 is 29.9 Å². The molecule has 15 heavy (non-hydrogen) atoms. The van der Waals surface area contributed by atoms with Crippen molar-refractivity contribution in [2.24, 2.45) is 0 Å². The zero-order valence-corrected chi connectivity index (χ0v) is 8.57. The molecule has 0 aliphatic carbocycles. The number of hydrogen-bond acceptors (Lipinski definition) is 2. The van der Waals surface area contributed by atoms with Crippen LogP contribution in [0.15, 0.2) is 24.3 Å². The number of carbonyl (C=O) groups is 2. The highest BCUT2D eigenvalue weighted by Gasteiger charge is 1.98. The van der Waals surface area contributed by atoms with Crippen LogP contribution in [0.5, 0.6) is 0 Å². The molecule has 0 bridgehead atoms. The van der Waals surface area contributed by atoms with Gasteiger partial charge >= 0.3 is 5.97 Å². The maximum absolute atomic E-state index is 10.5. The van der Waals surface area contributed by atoms with Crippen molar-refractivity contribution in [2.75, 3.05) is 0 Å².